The Morgan fingerprint density at radius 2 is 1.87 bits per heavy atom. The van der Waals surface area contributed by atoms with Gasteiger partial charge < -0.3 is 4.90 Å². The quantitative estimate of drug-likeness (QED) is 0.700. The molecule has 0 N–H and O–H groups in total. The molecule has 0 spiro atoms. The summed E-state index contributed by atoms with van der Waals surface area (Å²) in [6.45, 7) is 2.38. The third kappa shape index (κ3) is 1.46. The van der Waals surface area contributed by atoms with Gasteiger partial charge in [-0.05, 0) is 37.1 Å². The van der Waals surface area contributed by atoms with Crippen molar-refractivity contribution in [2.45, 2.75) is 12.8 Å². The lowest BCUT2D eigenvalue weighted by atomic mass is 10.1. The Morgan fingerprint density at radius 1 is 1.00 bits per heavy atom. The number of fused-ring (bicyclic) bond motifs is 1. The fourth-order valence-electron chi connectivity index (χ4n) is 2.32. The Balaban J connectivity index is 2.16. The molecule has 1 aliphatic rings. The van der Waals surface area contributed by atoms with Crippen LogP contribution in [-0.2, 0) is 0 Å². The molecule has 0 atom stereocenters. The van der Waals surface area contributed by atoms with Crippen LogP contribution in [0.15, 0.2) is 36.5 Å². The predicted octanol–water partition coefficient (Wildman–Crippen LogP) is 2.84. The summed E-state index contributed by atoms with van der Waals surface area (Å²) in [6.07, 6.45) is 4.49. The summed E-state index contributed by atoms with van der Waals surface area (Å²) >= 11 is 0. The maximum Gasteiger partial charge on any atom is 0.0722 e. The fraction of sp³-hybridized carbons (Fsp3) is 0.308. The lowest BCUT2D eigenvalue weighted by Gasteiger charge is -2.19. The highest BCUT2D eigenvalue weighted by Crippen LogP contribution is 2.27. The van der Waals surface area contributed by atoms with E-state index in [1.165, 1.54) is 37.0 Å². The molecule has 1 aromatic carbocycles. The highest BCUT2D eigenvalue weighted by atomic mass is 15.1. The second kappa shape index (κ2) is 3.54. The first kappa shape index (κ1) is 8.72. The van der Waals surface area contributed by atoms with Gasteiger partial charge in [0.25, 0.3) is 0 Å². The summed E-state index contributed by atoms with van der Waals surface area (Å²) in [4.78, 5) is 6.85. The van der Waals surface area contributed by atoms with Gasteiger partial charge in [0.1, 0.15) is 0 Å². The van der Waals surface area contributed by atoms with Crippen molar-refractivity contribution in [2.24, 2.45) is 0 Å². The molecule has 15 heavy (non-hydrogen) atoms. The molecule has 2 heterocycles. The molecule has 0 aliphatic carbocycles. The molecule has 76 valence electrons. The van der Waals surface area contributed by atoms with Gasteiger partial charge in [-0.3, -0.25) is 4.98 Å². The lowest BCUT2D eigenvalue weighted by molar-refractivity contribution is 0.949. The summed E-state index contributed by atoms with van der Waals surface area (Å²) < 4.78 is 0. The second-order valence-corrected chi connectivity index (χ2v) is 4.04. The number of rotatable bonds is 1. The topological polar surface area (TPSA) is 16.1 Å². The third-order valence-corrected chi connectivity index (χ3v) is 3.07. The summed E-state index contributed by atoms with van der Waals surface area (Å²) in [5.41, 5.74) is 2.44. The van der Waals surface area contributed by atoms with Crippen LogP contribution >= 0.6 is 0 Å². The minimum absolute atomic E-state index is 1.10. The number of anilines is 1. The van der Waals surface area contributed by atoms with Crippen LogP contribution < -0.4 is 4.90 Å². The van der Waals surface area contributed by atoms with Gasteiger partial charge >= 0.3 is 0 Å². The van der Waals surface area contributed by atoms with Crippen molar-refractivity contribution < 1.29 is 0 Å². The SMILES string of the molecule is c1cc(N2CCCC2)c2cccnc2c1. The first-order valence-electron chi connectivity index (χ1n) is 5.54. The first-order valence-corrected chi connectivity index (χ1v) is 5.54. The van der Waals surface area contributed by atoms with Crippen molar-refractivity contribution in [3.63, 3.8) is 0 Å². The minimum atomic E-state index is 1.10. The van der Waals surface area contributed by atoms with Gasteiger partial charge in [-0.1, -0.05) is 6.07 Å². The number of hydrogen-bond acceptors (Lipinski definition) is 2. The van der Waals surface area contributed by atoms with Crippen molar-refractivity contribution in [3.05, 3.63) is 36.5 Å². The molecule has 3 rings (SSSR count). The van der Waals surface area contributed by atoms with Gasteiger partial charge in [0.05, 0.1) is 5.52 Å². The monoisotopic (exact) mass is 198 g/mol. The average Bonchev–Trinajstić information content (AvgIpc) is 2.82. The van der Waals surface area contributed by atoms with Gasteiger partial charge in [0.2, 0.25) is 0 Å². The first-order chi connectivity index (χ1) is 7.45. The van der Waals surface area contributed by atoms with Crippen LogP contribution in [0.4, 0.5) is 5.69 Å². The zero-order chi connectivity index (χ0) is 10.1. The molecule has 1 aliphatic heterocycles. The molecule has 2 heteroatoms. The summed E-state index contributed by atoms with van der Waals surface area (Å²) in [6, 6.07) is 10.6. The number of nitrogens with zero attached hydrogens (tertiary/aromatic N) is 2. The number of pyridine rings is 1. The van der Waals surface area contributed by atoms with Gasteiger partial charge in [0, 0.05) is 30.4 Å². The highest BCUT2D eigenvalue weighted by molar-refractivity contribution is 5.91. The largest absolute Gasteiger partial charge is 0.371 e. The van der Waals surface area contributed by atoms with E-state index in [0.717, 1.165) is 5.52 Å². The van der Waals surface area contributed by atoms with Crippen LogP contribution in [0.3, 0.4) is 0 Å². The normalized spacial score (nSPS) is 16.1. The zero-order valence-electron chi connectivity index (χ0n) is 8.69. The van der Waals surface area contributed by atoms with Crippen LogP contribution in [0.25, 0.3) is 10.9 Å². The third-order valence-electron chi connectivity index (χ3n) is 3.07. The van der Waals surface area contributed by atoms with E-state index in [2.05, 4.69) is 34.1 Å². The molecule has 0 amide bonds. The molecule has 0 unspecified atom stereocenters. The van der Waals surface area contributed by atoms with Gasteiger partial charge in [-0.15, -0.1) is 0 Å². The van der Waals surface area contributed by atoms with E-state index in [0.29, 0.717) is 0 Å². The molecule has 1 fully saturated rings. The van der Waals surface area contributed by atoms with E-state index in [-0.39, 0.29) is 0 Å². The predicted molar refractivity (Wildman–Crippen MR) is 63.2 cm³/mol. The Hall–Kier alpha value is -1.57. The van der Waals surface area contributed by atoms with Crippen molar-refractivity contribution in [3.8, 4) is 0 Å². The van der Waals surface area contributed by atoms with E-state index >= 15 is 0 Å². The molecule has 2 nitrogen and oxygen atoms in total. The molecule has 2 aromatic rings. The van der Waals surface area contributed by atoms with E-state index < -0.39 is 0 Å². The second-order valence-electron chi connectivity index (χ2n) is 4.04. The number of hydrogen-bond donors (Lipinski definition) is 0. The summed E-state index contributed by atoms with van der Waals surface area (Å²) in [5.74, 6) is 0. The Morgan fingerprint density at radius 3 is 2.73 bits per heavy atom. The van der Waals surface area contributed by atoms with E-state index in [4.69, 9.17) is 0 Å². The Bertz CT molecular complexity index is 467. The maximum atomic E-state index is 4.39. The van der Waals surface area contributed by atoms with Crippen LogP contribution in [-0.4, -0.2) is 18.1 Å². The molecule has 1 saturated heterocycles. The van der Waals surface area contributed by atoms with Crippen LogP contribution in [0.2, 0.25) is 0 Å². The molecular formula is C13H14N2. The fourth-order valence-corrected chi connectivity index (χ4v) is 2.32. The van der Waals surface area contributed by atoms with E-state index in [1.54, 1.807) is 0 Å². The average molecular weight is 198 g/mol. The molecule has 0 radical (unpaired) electrons. The Kier molecular flexibility index (Phi) is 2.05. The molecule has 0 bridgehead atoms. The smallest absolute Gasteiger partial charge is 0.0722 e. The molecule has 1 aromatic heterocycles. The minimum Gasteiger partial charge on any atom is -0.371 e. The van der Waals surface area contributed by atoms with Gasteiger partial charge in [0.15, 0.2) is 0 Å². The maximum absolute atomic E-state index is 4.39. The number of benzene rings is 1. The van der Waals surface area contributed by atoms with Crippen molar-refractivity contribution in [1.29, 1.82) is 0 Å². The van der Waals surface area contributed by atoms with E-state index in [1.807, 2.05) is 12.3 Å². The van der Waals surface area contributed by atoms with Crippen LogP contribution in [0, 0.1) is 0 Å². The van der Waals surface area contributed by atoms with Crippen LogP contribution in [0.5, 0.6) is 0 Å². The van der Waals surface area contributed by atoms with Crippen molar-refractivity contribution >= 4 is 16.6 Å². The standard InChI is InChI=1S/C13H14N2/c1-2-10-15(9-1)13-7-3-6-12-11(13)5-4-8-14-12/h3-8H,1-2,9-10H2. The Labute approximate surface area is 89.5 Å². The van der Waals surface area contributed by atoms with Crippen molar-refractivity contribution in [1.82, 2.24) is 4.98 Å². The number of aromatic nitrogens is 1. The van der Waals surface area contributed by atoms with Crippen molar-refractivity contribution in [2.75, 3.05) is 18.0 Å². The lowest BCUT2D eigenvalue weighted by Crippen LogP contribution is -2.17. The molecular weight excluding hydrogens is 184 g/mol. The van der Waals surface area contributed by atoms with Gasteiger partial charge in [-0.25, -0.2) is 0 Å². The van der Waals surface area contributed by atoms with Crippen LogP contribution in [0.1, 0.15) is 12.8 Å². The zero-order valence-corrected chi connectivity index (χ0v) is 8.69. The summed E-state index contributed by atoms with van der Waals surface area (Å²) in [7, 11) is 0. The summed E-state index contributed by atoms with van der Waals surface area (Å²) in [5, 5.41) is 1.28. The van der Waals surface area contributed by atoms with Gasteiger partial charge in [-0.2, -0.15) is 0 Å². The van der Waals surface area contributed by atoms with E-state index in [9.17, 15) is 0 Å². The molecule has 0 saturated carbocycles. The highest BCUT2D eigenvalue weighted by Gasteiger charge is 2.14.